The summed E-state index contributed by atoms with van der Waals surface area (Å²) in [7, 11) is 0. The number of hydrogen-bond donors (Lipinski definition) is 3. The highest BCUT2D eigenvalue weighted by Gasteiger charge is 2.20. The van der Waals surface area contributed by atoms with Crippen molar-refractivity contribution < 1.29 is 24.5 Å². The lowest BCUT2D eigenvalue weighted by atomic mass is 10.0. The van der Waals surface area contributed by atoms with Gasteiger partial charge < -0.3 is 20.3 Å². The summed E-state index contributed by atoms with van der Waals surface area (Å²) >= 11 is 0. The Labute approximate surface area is 418 Å². The number of ether oxygens (including phenoxy) is 1. The average molecular weight is 945 g/mol. The van der Waals surface area contributed by atoms with Gasteiger partial charge in [-0.3, -0.25) is 9.59 Å². The van der Waals surface area contributed by atoms with Gasteiger partial charge in [0.1, 0.15) is 0 Å². The number of esters is 1. The predicted octanol–water partition coefficient (Wildman–Crippen LogP) is 18.6. The molecule has 2 unspecified atom stereocenters. The van der Waals surface area contributed by atoms with Crippen molar-refractivity contribution in [2.75, 3.05) is 13.2 Å². The summed E-state index contributed by atoms with van der Waals surface area (Å²) in [5.74, 6) is -0.0584. The van der Waals surface area contributed by atoms with Gasteiger partial charge in [0.2, 0.25) is 5.91 Å². The lowest BCUT2D eigenvalue weighted by molar-refractivity contribution is -0.143. The summed E-state index contributed by atoms with van der Waals surface area (Å²) in [6, 6.07) is -0.551. The first-order chi connectivity index (χ1) is 33.0. The van der Waals surface area contributed by atoms with E-state index in [0.717, 1.165) is 57.8 Å². The Morgan fingerprint density at radius 3 is 1.16 bits per heavy atom. The SMILES string of the molecule is CCCCC/C=C\C/C=C\CCCCCCCC(=O)OCCCCCCCCCCCCCCCCC(=O)NC(CO)C(O)CCCCCCCCCCCCCCCCCCCCCCC. The zero-order chi connectivity index (χ0) is 48.6. The number of hydrogen-bond acceptors (Lipinski definition) is 5. The average Bonchev–Trinajstić information content (AvgIpc) is 3.33. The largest absolute Gasteiger partial charge is 0.466 e. The van der Waals surface area contributed by atoms with Crippen molar-refractivity contribution in [1.29, 1.82) is 0 Å². The van der Waals surface area contributed by atoms with Gasteiger partial charge in [-0.05, 0) is 57.8 Å². The van der Waals surface area contributed by atoms with Gasteiger partial charge in [-0.2, -0.15) is 0 Å². The summed E-state index contributed by atoms with van der Waals surface area (Å²) in [4.78, 5) is 24.6. The highest BCUT2D eigenvalue weighted by Crippen LogP contribution is 2.18. The summed E-state index contributed by atoms with van der Waals surface area (Å²) in [5.41, 5.74) is 0. The van der Waals surface area contributed by atoms with Crippen molar-refractivity contribution in [3.63, 3.8) is 0 Å². The molecular weight excluding hydrogens is 827 g/mol. The van der Waals surface area contributed by atoms with E-state index in [4.69, 9.17) is 4.74 Å². The van der Waals surface area contributed by atoms with Crippen LogP contribution in [0.4, 0.5) is 0 Å². The Hall–Kier alpha value is -1.66. The molecule has 0 radical (unpaired) electrons. The maximum absolute atomic E-state index is 12.5. The van der Waals surface area contributed by atoms with E-state index < -0.39 is 12.1 Å². The van der Waals surface area contributed by atoms with Crippen LogP contribution < -0.4 is 5.32 Å². The van der Waals surface area contributed by atoms with Gasteiger partial charge in [-0.1, -0.05) is 282 Å². The lowest BCUT2D eigenvalue weighted by Gasteiger charge is -2.22. The fourth-order valence-electron chi connectivity index (χ4n) is 9.38. The van der Waals surface area contributed by atoms with Gasteiger partial charge in [0.15, 0.2) is 0 Å². The Morgan fingerprint density at radius 1 is 0.418 bits per heavy atom. The number of rotatable bonds is 56. The third-order valence-corrected chi connectivity index (χ3v) is 14.0. The Balaban J connectivity index is 3.44. The molecule has 0 aliphatic rings. The monoisotopic (exact) mass is 944 g/mol. The van der Waals surface area contributed by atoms with Gasteiger partial charge in [0.25, 0.3) is 0 Å². The first kappa shape index (κ1) is 65.3. The smallest absolute Gasteiger partial charge is 0.305 e. The van der Waals surface area contributed by atoms with E-state index in [1.54, 1.807) is 0 Å². The molecule has 0 saturated heterocycles. The van der Waals surface area contributed by atoms with Gasteiger partial charge >= 0.3 is 5.97 Å². The van der Waals surface area contributed by atoms with Crippen LogP contribution >= 0.6 is 0 Å². The summed E-state index contributed by atoms with van der Waals surface area (Å²) < 4.78 is 5.47. The van der Waals surface area contributed by atoms with Crippen molar-refractivity contribution in [1.82, 2.24) is 5.32 Å². The molecule has 0 aromatic heterocycles. The van der Waals surface area contributed by atoms with Crippen molar-refractivity contribution in [2.45, 2.75) is 341 Å². The van der Waals surface area contributed by atoms with Gasteiger partial charge in [0.05, 0.1) is 25.4 Å². The standard InChI is InChI=1S/C61H117NO5/c1-3-5-7-9-11-13-15-17-19-20-21-22-23-24-26-29-33-37-41-45-49-53-59(64)58(57-63)62-60(65)54-50-46-42-38-34-30-27-28-32-36-40-44-48-52-56-67-61(66)55-51-47-43-39-35-31-25-18-16-14-12-10-8-6-4-2/h12,14,18,25,58-59,63-64H,3-11,13,15-17,19-24,26-57H2,1-2H3,(H,62,65)/b14-12-,25-18-. The Bertz CT molecular complexity index is 1040. The molecule has 6 heteroatoms. The molecule has 0 saturated carbocycles. The van der Waals surface area contributed by atoms with E-state index >= 15 is 0 Å². The van der Waals surface area contributed by atoms with Crippen LogP contribution in [0.25, 0.3) is 0 Å². The highest BCUT2D eigenvalue weighted by molar-refractivity contribution is 5.76. The molecule has 0 aliphatic heterocycles. The maximum Gasteiger partial charge on any atom is 0.305 e. The highest BCUT2D eigenvalue weighted by atomic mass is 16.5. The normalized spacial score (nSPS) is 12.7. The number of carbonyl (C=O) groups is 2. The molecule has 0 spiro atoms. The minimum atomic E-state index is -0.673. The molecule has 0 bridgehead atoms. The van der Waals surface area contributed by atoms with Gasteiger partial charge in [-0.15, -0.1) is 0 Å². The third-order valence-electron chi connectivity index (χ3n) is 14.0. The van der Waals surface area contributed by atoms with Crippen LogP contribution in [-0.2, 0) is 14.3 Å². The molecule has 0 aromatic carbocycles. The number of aliphatic hydroxyl groups is 2. The Morgan fingerprint density at radius 2 is 0.746 bits per heavy atom. The van der Waals surface area contributed by atoms with Crippen LogP contribution in [0, 0.1) is 0 Å². The first-order valence-electron chi connectivity index (χ1n) is 30.1. The van der Waals surface area contributed by atoms with Gasteiger partial charge in [0, 0.05) is 12.8 Å². The molecular formula is C61H117NO5. The second-order valence-electron chi connectivity index (χ2n) is 20.7. The third kappa shape index (κ3) is 53.5. The van der Waals surface area contributed by atoms with Crippen molar-refractivity contribution in [2.24, 2.45) is 0 Å². The number of allylic oxidation sites excluding steroid dienone is 4. The van der Waals surface area contributed by atoms with E-state index in [1.807, 2.05) is 0 Å². The molecule has 396 valence electrons. The number of carbonyl (C=O) groups excluding carboxylic acids is 2. The zero-order valence-corrected chi connectivity index (χ0v) is 45.1. The number of amides is 1. The predicted molar refractivity (Wildman–Crippen MR) is 292 cm³/mol. The van der Waals surface area contributed by atoms with Crippen LogP contribution in [0.5, 0.6) is 0 Å². The molecule has 1 amide bonds. The van der Waals surface area contributed by atoms with Crippen LogP contribution in [0.15, 0.2) is 24.3 Å². The van der Waals surface area contributed by atoms with Gasteiger partial charge in [-0.25, -0.2) is 0 Å². The van der Waals surface area contributed by atoms with Crippen molar-refractivity contribution >= 4 is 11.9 Å². The van der Waals surface area contributed by atoms with Crippen molar-refractivity contribution in [3.05, 3.63) is 24.3 Å². The molecule has 3 N–H and O–H groups in total. The maximum atomic E-state index is 12.5. The first-order valence-corrected chi connectivity index (χ1v) is 30.1. The van der Waals surface area contributed by atoms with E-state index in [0.29, 0.717) is 25.9 Å². The molecule has 67 heavy (non-hydrogen) atoms. The quantitative estimate of drug-likeness (QED) is 0.0321. The number of unbranched alkanes of at least 4 members (excludes halogenated alkanes) is 41. The minimum Gasteiger partial charge on any atom is -0.466 e. The van der Waals surface area contributed by atoms with Crippen LogP contribution in [0.1, 0.15) is 328 Å². The lowest BCUT2D eigenvalue weighted by Crippen LogP contribution is -2.45. The second-order valence-corrected chi connectivity index (χ2v) is 20.7. The molecule has 6 nitrogen and oxygen atoms in total. The van der Waals surface area contributed by atoms with E-state index in [2.05, 4.69) is 43.5 Å². The molecule has 2 atom stereocenters. The Kier molecular flexibility index (Phi) is 55.5. The summed E-state index contributed by atoms with van der Waals surface area (Å²) in [6.07, 6.45) is 68.8. The van der Waals surface area contributed by atoms with E-state index in [1.165, 1.54) is 238 Å². The van der Waals surface area contributed by atoms with E-state index in [-0.39, 0.29) is 18.5 Å². The van der Waals surface area contributed by atoms with E-state index in [9.17, 15) is 19.8 Å². The van der Waals surface area contributed by atoms with Crippen LogP contribution in [-0.4, -0.2) is 47.4 Å². The minimum absolute atomic E-state index is 0.0154. The fourth-order valence-corrected chi connectivity index (χ4v) is 9.38. The van der Waals surface area contributed by atoms with Crippen molar-refractivity contribution in [3.8, 4) is 0 Å². The molecule has 0 fully saturated rings. The molecule has 0 rings (SSSR count). The fraction of sp³-hybridized carbons (Fsp3) is 0.902. The number of nitrogens with one attached hydrogen (secondary N) is 1. The molecule has 0 aliphatic carbocycles. The molecule has 0 aromatic rings. The topological polar surface area (TPSA) is 95.9 Å². The summed E-state index contributed by atoms with van der Waals surface area (Å²) in [5, 5.41) is 23.4. The summed E-state index contributed by atoms with van der Waals surface area (Å²) in [6.45, 7) is 4.92. The zero-order valence-electron chi connectivity index (χ0n) is 45.1. The molecule has 0 heterocycles. The number of aliphatic hydroxyl groups excluding tert-OH is 2. The van der Waals surface area contributed by atoms with Crippen LogP contribution in [0.3, 0.4) is 0 Å². The van der Waals surface area contributed by atoms with Crippen LogP contribution in [0.2, 0.25) is 0 Å². The second kappa shape index (κ2) is 56.9.